The standard InChI is InChI=1S/C22H36N2O8/c1-11(2)18(23-20(29)13(5)9-14(6)25)16(26)10-15(7-8-17(27)28)21(30)24-19(12(3)4)22(31)32/h11-13,15,18-19H,7-10H2,1-6H3,(H,23,29)(H,24,30)(H,27,28)(H,31,32)/t13-,15-,18+,19+/m1/s1. The van der Waals surface area contributed by atoms with E-state index in [4.69, 9.17) is 5.11 Å². The number of nitrogens with one attached hydrogen (secondary N) is 2. The minimum Gasteiger partial charge on any atom is -0.481 e. The molecule has 0 fully saturated rings. The van der Waals surface area contributed by atoms with E-state index >= 15 is 0 Å². The average Bonchev–Trinajstić information content (AvgIpc) is 2.65. The lowest BCUT2D eigenvalue weighted by Gasteiger charge is -2.26. The van der Waals surface area contributed by atoms with E-state index in [1.807, 2.05) is 0 Å². The van der Waals surface area contributed by atoms with Gasteiger partial charge in [0.1, 0.15) is 11.8 Å². The highest BCUT2D eigenvalue weighted by Crippen LogP contribution is 2.18. The van der Waals surface area contributed by atoms with Crippen LogP contribution in [0.5, 0.6) is 0 Å². The van der Waals surface area contributed by atoms with E-state index < -0.39 is 59.4 Å². The zero-order valence-electron chi connectivity index (χ0n) is 19.6. The predicted molar refractivity (Wildman–Crippen MR) is 116 cm³/mol. The summed E-state index contributed by atoms with van der Waals surface area (Å²) in [6.07, 6.45) is -0.857. The Bertz CT molecular complexity index is 717. The normalized spacial score (nSPS) is 14.9. The number of carboxylic acids is 2. The number of ketones is 2. The number of carboxylic acid groups (broad SMARTS) is 2. The van der Waals surface area contributed by atoms with Crippen LogP contribution in [0, 0.1) is 23.7 Å². The van der Waals surface area contributed by atoms with Gasteiger partial charge in [-0.1, -0.05) is 34.6 Å². The van der Waals surface area contributed by atoms with E-state index in [-0.39, 0.29) is 37.4 Å². The minimum absolute atomic E-state index is 0.0280. The molecule has 0 spiro atoms. The van der Waals surface area contributed by atoms with Crippen LogP contribution in [0.25, 0.3) is 0 Å². The molecule has 10 heteroatoms. The molecule has 0 aliphatic heterocycles. The highest BCUT2D eigenvalue weighted by atomic mass is 16.4. The molecule has 32 heavy (non-hydrogen) atoms. The lowest BCUT2D eigenvalue weighted by molar-refractivity contribution is -0.144. The largest absolute Gasteiger partial charge is 0.481 e. The molecule has 0 aromatic rings. The first-order chi connectivity index (χ1) is 14.7. The van der Waals surface area contributed by atoms with Gasteiger partial charge < -0.3 is 25.6 Å². The summed E-state index contributed by atoms with van der Waals surface area (Å²) >= 11 is 0. The molecule has 0 bridgehead atoms. The van der Waals surface area contributed by atoms with Crippen molar-refractivity contribution < 1.29 is 39.0 Å². The molecule has 0 aliphatic rings. The lowest BCUT2D eigenvalue weighted by Crippen LogP contribution is -2.49. The SMILES string of the molecule is CC(=O)C[C@@H](C)C(=O)N[C@H](C(=O)C[C@@H](CCC(=O)O)C(=O)N[C@H](C(=O)O)C(C)C)C(C)C. The van der Waals surface area contributed by atoms with Crippen LogP contribution >= 0.6 is 0 Å². The number of aliphatic carboxylic acids is 2. The Balaban J connectivity index is 5.50. The molecular weight excluding hydrogens is 420 g/mol. The Hall–Kier alpha value is -2.78. The van der Waals surface area contributed by atoms with Crippen molar-refractivity contribution in [2.75, 3.05) is 0 Å². The summed E-state index contributed by atoms with van der Waals surface area (Å²) in [4.78, 5) is 71.7. The Morgan fingerprint density at radius 1 is 0.750 bits per heavy atom. The van der Waals surface area contributed by atoms with Crippen molar-refractivity contribution in [1.29, 1.82) is 0 Å². The highest BCUT2D eigenvalue weighted by Gasteiger charge is 2.33. The molecule has 0 aliphatic carbocycles. The van der Waals surface area contributed by atoms with Gasteiger partial charge in [-0.15, -0.1) is 0 Å². The number of carbonyl (C=O) groups excluding carboxylic acids is 4. The summed E-state index contributed by atoms with van der Waals surface area (Å²) in [6, 6.07) is -2.12. The quantitative estimate of drug-likeness (QED) is 0.287. The summed E-state index contributed by atoms with van der Waals surface area (Å²) < 4.78 is 0. The first kappa shape index (κ1) is 29.2. The van der Waals surface area contributed by atoms with Crippen molar-refractivity contribution in [2.24, 2.45) is 23.7 Å². The van der Waals surface area contributed by atoms with Crippen molar-refractivity contribution in [3.8, 4) is 0 Å². The minimum atomic E-state index is -1.23. The van der Waals surface area contributed by atoms with Crippen LogP contribution < -0.4 is 10.6 Å². The van der Waals surface area contributed by atoms with E-state index in [9.17, 15) is 33.9 Å². The van der Waals surface area contributed by atoms with Crippen LogP contribution in [0.1, 0.15) is 67.2 Å². The Morgan fingerprint density at radius 2 is 1.25 bits per heavy atom. The Labute approximate surface area is 188 Å². The summed E-state index contributed by atoms with van der Waals surface area (Å²) in [5.74, 6) is -6.64. The van der Waals surface area contributed by atoms with Gasteiger partial charge in [-0.3, -0.25) is 19.2 Å². The topological polar surface area (TPSA) is 167 Å². The van der Waals surface area contributed by atoms with Gasteiger partial charge in [0, 0.05) is 31.1 Å². The first-order valence-corrected chi connectivity index (χ1v) is 10.7. The van der Waals surface area contributed by atoms with Crippen LogP contribution in [0.3, 0.4) is 0 Å². The fourth-order valence-electron chi connectivity index (χ4n) is 3.22. The van der Waals surface area contributed by atoms with Crippen LogP contribution in [-0.2, 0) is 28.8 Å². The molecule has 10 nitrogen and oxygen atoms in total. The molecule has 0 rings (SSSR count). The monoisotopic (exact) mass is 456 g/mol. The number of amides is 2. The number of rotatable bonds is 15. The second kappa shape index (κ2) is 13.6. The third kappa shape index (κ3) is 10.5. The van der Waals surface area contributed by atoms with Gasteiger partial charge in [0.05, 0.1) is 6.04 Å². The molecule has 0 heterocycles. The molecule has 4 N–H and O–H groups in total. The highest BCUT2D eigenvalue weighted by molar-refractivity contribution is 5.94. The van der Waals surface area contributed by atoms with Crippen molar-refractivity contribution in [2.45, 2.75) is 79.3 Å². The maximum atomic E-state index is 13.0. The zero-order valence-corrected chi connectivity index (χ0v) is 19.6. The second-order valence-corrected chi connectivity index (χ2v) is 8.91. The maximum Gasteiger partial charge on any atom is 0.326 e. The Morgan fingerprint density at radius 3 is 1.66 bits per heavy atom. The molecular formula is C22H36N2O8. The molecule has 0 saturated heterocycles. The molecule has 0 unspecified atom stereocenters. The molecule has 182 valence electrons. The summed E-state index contributed by atoms with van der Waals surface area (Å²) in [7, 11) is 0. The van der Waals surface area contributed by atoms with Gasteiger partial charge >= 0.3 is 11.9 Å². The second-order valence-electron chi connectivity index (χ2n) is 8.91. The van der Waals surface area contributed by atoms with Gasteiger partial charge in [-0.2, -0.15) is 0 Å². The summed E-state index contributed by atoms with van der Waals surface area (Å²) in [5, 5.41) is 23.3. The van der Waals surface area contributed by atoms with E-state index in [1.54, 1.807) is 34.6 Å². The third-order valence-electron chi connectivity index (χ3n) is 5.11. The fourth-order valence-corrected chi connectivity index (χ4v) is 3.22. The van der Waals surface area contributed by atoms with E-state index in [0.29, 0.717) is 0 Å². The van der Waals surface area contributed by atoms with Gasteiger partial charge in [0.2, 0.25) is 11.8 Å². The van der Waals surface area contributed by atoms with E-state index in [1.165, 1.54) is 6.92 Å². The number of carbonyl (C=O) groups is 6. The van der Waals surface area contributed by atoms with Crippen LogP contribution in [0.15, 0.2) is 0 Å². The lowest BCUT2D eigenvalue weighted by atomic mass is 9.88. The van der Waals surface area contributed by atoms with E-state index in [0.717, 1.165) is 0 Å². The van der Waals surface area contributed by atoms with Gasteiger partial charge in [0.15, 0.2) is 5.78 Å². The van der Waals surface area contributed by atoms with Crippen LogP contribution in [0.2, 0.25) is 0 Å². The van der Waals surface area contributed by atoms with Crippen molar-refractivity contribution >= 4 is 35.3 Å². The zero-order chi connectivity index (χ0) is 25.2. The molecule has 2 amide bonds. The molecule has 4 atom stereocenters. The van der Waals surface area contributed by atoms with Crippen LogP contribution in [-0.4, -0.2) is 57.6 Å². The summed E-state index contributed by atoms with van der Waals surface area (Å²) in [6.45, 7) is 9.59. The molecule has 0 saturated carbocycles. The van der Waals surface area contributed by atoms with E-state index in [2.05, 4.69) is 10.6 Å². The number of hydrogen-bond acceptors (Lipinski definition) is 6. The molecule has 0 radical (unpaired) electrons. The Kier molecular flexibility index (Phi) is 12.4. The van der Waals surface area contributed by atoms with Gasteiger partial charge in [-0.05, 0) is 25.2 Å². The van der Waals surface area contributed by atoms with Crippen LogP contribution in [0.4, 0.5) is 0 Å². The van der Waals surface area contributed by atoms with Crippen molar-refractivity contribution in [1.82, 2.24) is 10.6 Å². The first-order valence-electron chi connectivity index (χ1n) is 10.7. The predicted octanol–water partition coefficient (Wildman–Crippen LogP) is 1.41. The number of hydrogen-bond donors (Lipinski definition) is 4. The van der Waals surface area contributed by atoms with Crippen molar-refractivity contribution in [3.05, 3.63) is 0 Å². The maximum absolute atomic E-state index is 13.0. The third-order valence-corrected chi connectivity index (χ3v) is 5.11. The smallest absolute Gasteiger partial charge is 0.326 e. The van der Waals surface area contributed by atoms with Crippen molar-refractivity contribution in [3.63, 3.8) is 0 Å². The molecule has 0 aromatic heterocycles. The van der Waals surface area contributed by atoms with Gasteiger partial charge in [-0.25, -0.2) is 4.79 Å². The summed E-state index contributed by atoms with van der Waals surface area (Å²) in [5.41, 5.74) is 0. The molecule has 0 aromatic carbocycles. The fraction of sp³-hybridized carbons (Fsp3) is 0.727. The number of Topliss-reactive ketones (excluding diaryl/α,β-unsaturated/α-hetero) is 2. The van der Waals surface area contributed by atoms with Gasteiger partial charge in [0.25, 0.3) is 0 Å². The average molecular weight is 457 g/mol.